The van der Waals surface area contributed by atoms with Crippen LogP contribution in [0.15, 0.2) is 12.2 Å². The molecular weight excluding hydrogens is 334 g/mol. The van der Waals surface area contributed by atoms with Gasteiger partial charge in [-0.05, 0) is 25.7 Å². The summed E-state index contributed by atoms with van der Waals surface area (Å²) in [6.07, 6.45) is 14.4. The quantitative estimate of drug-likeness (QED) is 0.207. The van der Waals surface area contributed by atoms with Gasteiger partial charge in [-0.3, -0.25) is 9.59 Å². The molecule has 0 rings (SSSR count). The van der Waals surface area contributed by atoms with Gasteiger partial charge in [-0.1, -0.05) is 51.2 Å². The molecule has 1 amide bonds. The smallest absolute Gasteiger partial charge is 0.326 e. The van der Waals surface area contributed by atoms with Crippen molar-refractivity contribution >= 4 is 17.7 Å². The minimum absolute atomic E-state index is 0.0664. The topological polar surface area (TPSA) is 104 Å². The average Bonchev–Trinajstić information content (AvgIpc) is 2.59. The van der Waals surface area contributed by atoms with E-state index in [0.717, 1.165) is 32.1 Å². The van der Waals surface area contributed by atoms with Gasteiger partial charge in [0.1, 0.15) is 11.8 Å². The lowest BCUT2D eigenvalue weighted by molar-refractivity contribution is -0.143. The third kappa shape index (κ3) is 14.6. The molecule has 150 valence electrons. The minimum Gasteiger partial charge on any atom is -0.480 e. The van der Waals surface area contributed by atoms with E-state index in [1.807, 2.05) is 0 Å². The highest BCUT2D eigenvalue weighted by atomic mass is 16.4. The summed E-state index contributed by atoms with van der Waals surface area (Å²) in [5, 5.41) is 19.9. The normalized spacial score (nSPS) is 12.2. The predicted octanol–water partition coefficient (Wildman–Crippen LogP) is 3.37. The number of hydrogen-bond donors (Lipinski definition) is 3. The van der Waals surface area contributed by atoms with Crippen LogP contribution in [-0.4, -0.2) is 40.5 Å². The Labute approximate surface area is 157 Å². The number of nitrogens with one attached hydrogen (secondary N) is 1. The number of aliphatic carboxylic acids is 1. The first-order valence-corrected chi connectivity index (χ1v) is 9.81. The summed E-state index contributed by atoms with van der Waals surface area (Å²) in [6.45, 7) is 1.86. The average molecular weight is 370 g/mol. The van der Waals surface area contributed by atoms with Crippen molar-refractivity contribution in [2.24, 2.45) is 0 Å². The zero-order valence-corrected chi connectivity index (χ0v) is 16.0. The molecule has 3 N–H and O–H groups in total. The largest absolute Gasteiger partial charge is 0.480 e. The van der Waals surface area contributed by atoms with Crippen LogP contribution in [0.2, 0.25) is 0 Å². The van der Waals surface area contributed by atoms with Gasteiger partial charge in [0.15, 0.2) is 0 Å². The van der Waals surface area contributed by atoms with Gasteiger partial charge in [-0.25, -0.2) is 4.79 Å². The third-order valence-electron chi connectivity index (χ3n) is 4.13. The molecule has 0 spiro atoms. The van der Waals surface area contributed by atoms with Crippen LogP contribution < -0.4 is 5.32 Å². The molecule has 6 nitrogen and oxygen atoms in total. The molecule has 1 atom stereocenters. The van der Waals surface area contributed by atoms with E-state index in [1.165, 1.54) is 25.7 Å². The lowest BCUT2D eigenvalue weighted by atomic mass is 10.1. The van der Waals surface area contributed by atoms with Crippen LogP contribution in [0.4, 0.5) is 0 Å². The van der Waals surface area contributed by atoms with Crippen LogP contribution in [-0.2, 0) is 14.4 Å². The Morgan fingerprint density at radius 3 is 2.19 bits per heavy atom. The highest BCUT2D eigenvalue weighted by Gasteiger charge is 2.20. The van der Waals surface area contributed by atoms with Gasteiger partial charge < -0.3 is 15.5 Å². The van der Waals surface area contributed by atoms with Gasteiger partial charge in [-0.15, -0.1) is 0 Å². The van der Waals surface area contributed by atoms with Gasteiger partial charge in [0.05, 0.1) is 6.42 Å². The lowest BCUT2D eigenvalue weighted by Gasteiger charge is -2.12. The number of ketones is 1. The highest BCUT2D eigenvalue weighted by molar-refractivity contribution is 5.99. The molecule has 0 unspecified atom stereocenters. The van der Waals surface area contributed by atoms with Crippen molar-refractivity contribution in [3.63, 3.8) is 0 Å². The van der Waals surface area contributed by atoms with Crippen molar-refractivity contribution < 1.29 is 24.6 Å². The summed E-state index contributed by atoms with van der Waals surface area (Å²) in [6, 6.07) is -1.14. The molecule has 0 aliphatic heterocycles. The number of aliphatic hydroxyl groups excluding tert-OH is 1. The fourth-order valence-corrected chi connectivity index (χ4v) is 2.57. The Balaban J connectivity index is 3.66. The second kappa shape index (κ2) is 16.8. The van der Waals surface area contributed by atoms with E-state index >= 15 is 0 Å². The van der Waals surface area contributed by atoms with E-state index in [2.05, 4.69) is 24.4 Å². The molecule has 0 heterocycles. The molecule has 0 aliphatic rings. The summed E-state index contributed by atoms with van der Waals surface area (Å²) in [4.78, 5) is 34.3. The number of rotatable bonds is 17. The maximum absolute atomic E-state index is 11.8. The number of hydrogen-bond acceptors (Lipinski definition) is 4. The molecule has 0 aromatic carbocycles. The van der Waals surface area contributed by atoms with E-state index in [0.29, 0.717) is 6.42 Å². The van der Waals surface area contributed by atoms with Crippen LogP contribution in [0.1, 0.15) is 84.0 Å². The Morgan fingerprint density at radius 2 is 1.58 bits per heavy atom. The van der Waals surface area contributed by atoms with E-state index in [1.54, 1.807) is 0 Å². The molecule has 0 fully saturated rings. The van der Waals surface area contributed by atoms with Crippen LogP contribution in [0.25, 0.3) is 0 Å². The van der Waals surface area contributed by atoms with Crippen molar-refractivity contribution in [1.82, 2.24) is 5.32 Å². The van der Waals surface area contributed by atoms with Crippen LogP contribution >= 0.6 is 0 Å². The number of allylic oxidation sites excluding steroid dienone is 2. The molecule has 0 bridgehead atoms. The fourth-order valence-electron chi connectivity index (χ4n) is 2.57. The number of carboxylic acids is 1. The van der Waals surface area contributed by atoms with Crippen molar-refractivity contribution in [3.8, 4) is 0 Å². The number of unbranched alkanes of at least 4 members (excludes halogenated alkanes) is 7. The van der Waals surface area contributed by atoms with E-state index in [4.69, 9.17) is 10.2 Å². The number of aliphatic hydroxyl groups is 1. The van der Waals surface area contributed by atoms with Crippen molar-refractivity contribution in [3.05, 3.63) is 12.2 Å². The van der Waals surface area contributed by atoms with Crippen molar-refractivity contribution in [1.29, 1.82) is 0 Å². The molecule has 6 heteroatoms. The Kier molecular flexibility index (Phi) is 15.7. The Morgan fingerprint density at radius 1 is 0.962 bits per heavy atom. The van der Waals surface area contributed by atoms with Gasteiger partial charge in [-0.2, -0.15) is 0 Å². The molecule has 0 aromatic rings. The maximum Gasteiger partial charge on any atom is 0.326 e. The van der Waals surface area contributed by atoms with Crippen molar-refractivity contribution in [2.45, 2.75) is 90.0 Å². The number of Topliss-reactive ketones (excluding diaryl/α,β-unsaturated/α-hetero) is 1. The first kappa shape index (κ1) is 24.3. The molecular formula is C20H35NO5. The Hall–Kier alpha value is -1.69. The van der Waals surface area contributed by atoms with Gasteiger partial charge in [0, 0.05) is 19.4 Å². The van der Waals surface area contributed by atoms with Gasteiger partial charge >= 0.3 is 5.97 Å². The van der Waals surface area contributed by atoms with E-state index in [-0.39, 0.29) is 25.2 Å². The van der Waals surface area contributed by atoms with E-state index in [9.17, 15) is 14.4 Å². The second-order valence-corrected chi connectivity index (χ2v) is 6.61. The molecule has 0 aliphatic carbocycles. The summed E-state index contributed by atoms with van der Waals surface area (Å²) in [5.41, 5.74) is 0. The first-order chi connectivity index (χ1) is 12.5. The number of carboxylic acid groups (broad SMARTS) is 1. The van der Waals surface area contributed by atoms with Crippen molar-refractivity contribution in [2.75, 3.05) is 6.61 Å². The molecule has 0 saturated carbocycles. The molecule has 0 radical (unpaired) electrons. The second-order valence-electron chi connectivity index (χ2n) is 6.61. The summed E-state index contributed by atoms with van der Waals surface area (Å²) < 4.78 is 0. The predicted molar refractivity (Wildman–Crippen MR) is 102 cm³/mol. The zero-order valence-electron chi connectivity index (χ0n) is 16.0. The summed E-state index contributed by atoms with van der Waals surface area (Å²) in [5.74, 6) is -1.97. The first-order valence-electron chi connectivity index (χ1n) is 9.81. The third-order valence-corrected chi connectivity index (χ3v) is 4.13. The Bertz CT molecular complexity index is 434. The number of amides is 1. The fraction of sp³-hybridized carbons (Fsp3) is 0.750. The number of carbonyl (C=O) groups excluding carboxylic acids is 2. The van der Waals surface area contributed by atoms with Gasteiger partial charge in [0.2, 0.25) is 5.91 Å². The molecule has 26 heavy (non-hydrogen) atoms. The standard InChI is InChI=1S/C20H35NO5/c1-2-3-4-5-6-7-8-9-10-11-12-13-17(23)16-19(24)21-18(14-15-22)20(25)26/h5-6,18,22H,2-4,7-16H2,1H3,(H,21,24)(H,25,26)/b6-5-/t18-/m0/s1. The molecule has 0 aromatic heterocycles. The number of carbonyl (C=O) groups is 3. The zero-order chi connectivity index (χ0) is 19.6. The van der Waals surface area contributed by atoms with Crippen LogP contribution in [0.3, 0.4) is 0 Å². The summed E-state index contributed by atoms with van der Waals surface area (Å²) in [7, 11) is 0. The minimum atomic E-state index is -1.21. The van der Waals surface area contributed by atoms with Crippen LogP contribution in [0.5, 0.6) is 0 Å². The maximum atomic E-state index is 11.8. The van der Waals surface area contributed by atoms with Gasteiger partial charge in [0.25, 0.3) is 0 Å². The van der Waals surface area contributed by atoms with E-state index < -0.39 is 17.9 Å². The lowest BCUT2D eigenvalue weighted by Crippen LogP contribution is -2.42. The SMILES string of the molecule is CCCC/C=C\CCCCCCCC(=O)CC(=O)N[C@@H](CCO)C(=O)O. The van der Waals surface area contributed by atoms with Crippen LogP contribution in [0, 0.1) is 0 Å². The molecule has 0 saturated heterocycles. The monoisotopic (exact) mass is 369 g/mol. The summed E-state index contributed by atoms with van der Waals surface area (Å²) >= 11 is 0. The highest BCUT2D eigenvalue weighted by Crippen LogP contribution is 2.09.